The number of rotatable bonds is 4. The molecule has 2 aromatic heterocycles. The van der Waals surface area contributed by atoms with Crippen LogP contribution < -0.4 is 19.5 Å². The van der Waals surface area contributed by atoms with Gasteiger partial charge in [-0.2, -0.15) is 0 Å². The standard InChI is InChI=1S/C26H21N3O5/c1-31-17-9-8-14(24(32-2)25(17)33-3)18-19-13-6-4-10-27-22(13)23-15(7-5-11-28-23)21(19)29-16-12-34-26(30)20(16)18/h4-11,18,29H,12H2,1-3H3. The van der Waals surface area contributed by atoms with Crippen LogP contribution in [0.15, 0.2) is 60.1 Å². The summed E-state index contributed by atoms with van der Waals surface area (Å²) in [7, 11) is 4.71. The molecule has 0 saturated carbocycles. The third kappa shape index (κ3) is 2.68. The predicted molar refractivity (Wildman–Crippen MR) is 127 cm³/mol. The number of nitrogens with zero attached hydrogens (tertiary/aromatic N) is 2. The van der Waals surface area contributed by atoms with Gasteiger partial charge >= 0.3 is 5.97 Å². The van der Waals surface area contributed by atoms with E-state index in [2.05, 4.69) is 15.3 Å². The lowest BCUT2D eigenvalue weighted by Gasteiger charge is -2.31. The van der Waals surface area contributed by atoms with Gasteiger partial charge in [0.25, 0.3) is 0 Å². The number of hydrogen-bond donors (Lipinski definition) is 1. The number of fused-ring (bicyclic) bond motifs is 6. The minimum Gasteiger partial charge on any atom is -0.493 e. The second kappa shape index (κ2) is 7.62. The first-order chi connectivity index (χ1) is 16.7. The van der Waals surface area contributed by atoms with E-state index in [1.165, 1.54) is 0 Å². The van der Waals surface area contributed by atoms with E-state index in [0.29, 0.717) is 22.8 Å². The number of benzene rings is 2. The number of aromatic nitrogens is 2. The Morgan fingerprint density at radius 2 is 1.62 bits per heavy atom. The molecule has 0 aliphatic carbocycles. The van der Waals surface area contributed by atoms with Crippen molar-refractivity contribution in [2.24, 2.45) is 0 Å². The van der Waals surface area contributed by atoms with Gasteiger partial charge in [-0.05, 0) is 29.8 Å². The molecule has 0 fully saturated rings. The number of hydrogen-bond acceptors (Lipinski definition) is 8. The van der Waals surface area contributed by atoms with Gasteiger partial charge in [0.15, 0.2) is 11.5 Å². The van der Waals surface area contributed by atoms with Crippen molar-refractivity contribution in [2.75, 3.05) is 33.3 Å². The Morgan fingerprint density at radius 1 is 0.912 bits per heavy atom. The van der Waals surface area contributed by atoms with Crippen molar-refractivity contribution in [3.05, 3.63) is 71.2 Å². The van der Waals surface area contributed by atoms with E-state index < -0.39 is 5.92 Å². The Hall–Kier alpha value is -4.33. The molecule has 8 heteroatoms. The van der Waals surface area contributed by atoms with E-state index in [9.17, 15) is 4.79 Å². The molecule has 0 radical (unpaired) electrons. The number of carbonyl (C=O) groups is 1. The van der Waals surface area contributed by atoms with Crippen molar-refractivity contribution in [2.45, 2.75) is 5.92 Å². The van der Waals surface area contributed by atoms with Crippen molar-refractivity contribution in [3.8, 4) is 17.2 Å². The van der Waals surface area contributed by atoms with Gasteiger partial charge < -0.3 is 24.3 Å². The number of cyclic esters (lactones) is 1. The van der Waals surface area contributed by atoms with Crippen molar-refractivity contribution < 1.29 is 23.7 Å². The molecular formula is C26H21N3O5. The highest BCUT2D eigenvalue weighted by Gasteiger charge is 2.42. The number of nitrogens with one attached hydrogen (secondary N) is 1. The summed E-state index contributed by atoms with van der Waals surface area (Å²) in [5.41, 5.74) is 5.38. The SMILES string of the molecule is COc1ccc(C2C3=C(COC3=O)Nc3c2c2cccnc2c2ncccc32)c(OC)c1OC. The number of methoxy groups -OCH3 is 3. The lowest BCUT2D eigenvalue weighted by atomic mass is 9.78. The van der Waals surface area contributed by atoms with Crippen LogP contribution in [-0.2, 0) is 9.53 Å². The molecule has 2 aliphatic heterocycles. The van der Waals surface area contributed by atoms with E-state index in [1.807, 2.05) is 36.4 Å². The molecule has 0 bridgehead atoms. The van der Waals surface area contributed by atoms with Crippen LogP contribution in [0.1, 0.15) is 17.0 Å². The Bertz CT molecular complexity index is 1530. The molecule has 1 N–H and O–H groups in total. The Balaban J connectivity index is 1.77. The molecule has 0 amide bonds. The molecule has 2 aliphatic rings. The molecule has 170 valence electrons. The molecule has 4 aromatic rings. The topological polar surface area (TPSA) is 91.8 Å². The minimum absolute atomic E-state index is 0.173. The predicted octanol–water partition coefficient (Wildman–Crippen LogP) is 4.18. The molecule has 0 saturated heterocycles. The highest BCUT2D eigenvalue weighted by Crippen LogP contribution is 2.53. The summed E-state index contributed by atoms with van der Waals surface area (Å²) in [6, 6.07) is 11.5. The summed E-state index contributed by atoms with van der Waals surface area (Å²) in [4.78, 5) is 22.3. The van der Waals surface area contributed by atoms with E-state index in [4.69, 9.17) is 18.9 Å². The second-order valence-corrected chi connectivity index (χ2v) is 8.04. The van der Waals surface area contributed by atoms with E-state index in [-0.39, 0.29) is 12.6 Å². The molecule has 0 spiro atoms. The Morgan fingerprint density at radius 3 is 2.32 bits per heavy atom. The highest BCUT2D eigenvalue weighted by atomic mass is 16.5. The lowest BCUT2D eigenvalue weighted by Crippen LogP contribution is -2.21. The van der Waals surface area contributed by atoms with Crippen molar-refractivity contribution in [1.29, 1.82) is 0 Å². The van der Waals surface area contributed by atoms with Gasteiger partial charge in [-0.25, -0.2) is 4.79 Å². The van der Waals surface area contributed by atoms with Crippen LogP contribution in [0.4, 0.5) is 5.69 Å². The molecule has 1 unspecified atom stereocenters. The van der Waals surface area contributed by atoms with Crippen molar-refractivity contribution >= 4 is 33.5 Å². The zero-order chi connectivity index (χ0) is 23.4. The largest absolute Gasteiger partial charge is 0.493 e. The quantitative estimate of drug-likeness (QED) is 0.362. The first-order valence-corrected chi connectivity index (χ1v) is 10.8. The molecule has 8 nitrogen and oxygen atoms in total. The van der Waals surface area contributed by atoms with E-state index >= 15 is 0 Å². The van der Waals surface area contributed by atoms with Crippen molar-refractivity contribution in [1.82, 2.24) is 9.97 Å². The van der Waals surface area contributed by atoms with Crippen molar-refractivity contribution in [3.63, 3.8) is 0 Å². The second-order valence-electron chi connectivity index (χ2n) is 8.04. The highest BCUT2D eigenvalue weighted by molar-refractivity contribution is 6.14. The Kier molecular flexibility index (Phi) is 4.55. The maximum absolute atomic E-state index is 13.0. The molecule has 2 aromatic carbocycles. The minimum atomic E-state index is -0.479. The van der Waals surface area contributed by atoms with Crippen LogP contribution in [0.3, 0.4) is 0 Å². The monoisotopic (exact) mass is 455 g/mol. The lowest BCUT2D eigenvalue weighted by molar-refractivity contribution is -0.136. The number of carbonyl (C=O) groups excluding carboxylic acids is 1. The molecular weight excluding hydrogens is 434 g/mol. The smallest absolute Gasteiger partial charge is 0.337 e. The van der Waals surface area contributed by atoms with Crippen LogP contribution in [0.25, 0.3) is 21.8 Å². The average Bonchev–Trinajstić information content (AvgIpc) is 3.26. The maximum atomic E-state index is 13.0. The molecule has 4 heterocycles. The average molecular weight is 455 g/mol. The van der Waals surface area contributed by atoms with Gasteiger partial charge in [0, 0.05) is 34.6 Å². The van der Waals surface area contributed by atoms with Crippen LogP contribution in [-0.4, -0.2) is 43.9 Å². The third-order valence-electron chi connectivity index (χ3n) is 6.46. The number of pyridine rings is 2. The molecule has 6 rings (SSSR count). The van der Waals surface area contributed by atoms with Gasteiger partial charge in [0.1, 0.15) is 6.61 Å². The number of anilines is 1. The van der Waals surface area contributed by atoms with Crippen LogP contribution in [0.2, 0.25) is 0 Å². The fourth-order valence-electron chi connectivity index (χ4n) is 5.09. The van der Waals surface area contributed by atoms with Gasteiger partial charge in [0.05, 0.1) is 49.3 Å². The summed E-state index contributed by atoms with van der Waals surface area (Å²) in [6.45, 7) is 0.173. The molecule has 34 heavy (non-hydrogen) atoms. The summed E-state index contributed by atoms with van der Waals surface area (Å²) in [5, 5.41) is 5.29. The van der Waals surface area contributed by atoms with Crippen LogP contribution in [0, 0.1) is 0 Å². The summed E-state index contributed by atoms with van der Waals surface area (Å²) >= 11 is 0. The summed E-state index contributed by atoms with van der Waals surface area (Å²) < 4.78 is 22.5. The van der Waals surface area contributed by atoms with Gasteiger partial charge in [-0.1, -0.05) is 12.1 Å². The fraction of sp³-hybridized carbons (Fsp3) is 0.192. The first-order valence-electron chi connectivity index (χ1n) is 10.8. The van der Waals surface area contributed by atoms with Crippen LogP contribution in [0.5, 0.6) is 17.2 Å². The Labute approximate surface area is 195 Å². The zero-order valence-corrected chi connectivity index (χ0v) is 18.8. The summed E-state index contributed by atoms with van der Waals surface area (Å²) in [5.74, 6) is 0.649. The van der Waals surface area contributed by atoms with Gasteiger partial charge in [0.2, 0.25) is 5.75 Å². The van der Waals surface area contributed by atoms with Crippen LogP contribution >= 0.6 is 0 Å². The van der Waals surface area contributed by atoms with E-state index in [0.717, 1.165) is 44.3 Å². The number of esters is 1. The third-order valence-corrected chi connectivity index (χ3v) is 6.46. The van der Waals surface area contributed by atoms with E-state index in [1.54, 1.807) is 33.7 Å². The van der Waals surface area contributed by atoms with Gasteiger partial charge in [-0.15, -0.1) is 0 Å². The first kappa shape index (κ1) is 20.3. The normalized spacial score (nSPS) is 16.7. The zero-order valence-electron chi connectivity index (χ0n) is 18.8. The number of ether oxygens (including phenoxy) is 4. The maximum Gasteiger partial charge on any atom is 0.337 e. The summed E-state index contributed by atoms with van der Waals surface area (Å²) in [6.07, 6.45) is 3.51. The van der Waals surface area contributed by atoms with Gasteiger partial charge in [-0.3, -0.25) is 9.97 Å². The molecule has 1 atom stereocenters. The fourth-order valence-corrected chi connectivity index (χ4v) is 5.09.